The van der Waals surface area contributed by atoms with Crippen LogP contribution < -0.4 is 0 Å². The number of ether oxygens (including phenoxy) is 1. The third kappa shape index (κ3) is 4.06. The summed E-state index contributed by atoms with van der Waals surface area (Å²) in [6.45, 7) is 2.88. The number of halogens is 2. The first-order valence-electron chi connectivity index (χ1n) is 10.8. The Balaban J connectivity index is 1.39. The van der Waals surface area contributed by atoms with Gasteiger partial charge in [-0.15, -0.1) is 0 Å². The third-order valence-corrected chi connectivity index (χ3v) is 7.79. The quantitative estimate of drug-likeness (QED) is 0.575. The summed E-state index contributed by atoms with van der Waals surface area (Å²) in [5.41, 5.74) is 0.00749. The molecule has 3 fully saturated rings. The minimum absolute atomic E-state index is 0.0748. The van der Waals surface area contributed by atoms with Crippen LogP contribution in [0.1, 0.15) is 88.4 Å². The van der Waals surface area contributed by atoms with Crippen LogP contribution in [0, 0.1) is 23.6 Å². The van der Waals surface area contributed by atoms with Gasteiger partial charge in [-0.25, -0.2) is 4.39 Å². The van der Waals surface area contributed by atoms with Crippen molar-refractivity contribution in [1.29, 1.82) is 0 Å². The van der Waals surface area contributed by atoms with Gasteiger partial charge in [0.25, 0.3) is 0 Å². The number of rotatable bonds is 5. The molecule has 1 unspecified atom stereocenters. The predicted molar refractivity (Wildman–Crippen MR) is 106 cm³/mol. The Labute approximate surface area is 167 Å². The monoisotopic (exact) mass is 394 g/mol. The maximum Gasteiger partial charge on any atom is 0.148 e. The van der Waals surface area contributed by atoms with Gasteiger partial charge in [-0.3, -0.25) is 0 Å². The van der Waals surface area contributed by atoms with Gasteiger partial charge in [0.1, 0.15) is 11.9 Å². The van der Waals surface area contributed by atoms with Gasteiger partial charge in [0.05, 0.1) is 17.2 Å². The second kappa shape index (κ2) is 8.00. The van der Waals surface area contributed by atoms with Gasteiger partial charge < -0.3 is 9.84 Å². The van der Waals surface area contributed by atoms with E-state index in [4.69, 9.17) is 16.3 Å². The average Bonchev–Trinajstić information content (AvgIpc) is 3.50. The molecule has 1 atom stereocenters. The first-order chi connectivity index (χ1) is 13.0. The van der Waals surface area contributed by atoms with E-state index in [1.165, 1.54) is 38.5 Å². The average molecular weight is 395 g/mol. The molecule has 4 heteroatoms. The summed E-state index contributed by atoms with van der Waals surface area (Å²) in [6, 6.07) is 3.56. The van der Waals surface area contributed by atoms with E-state index in [-0.39, 0.29) is 11.1 Å². The molecule has 1 N–H and O–H groups in total. The van der Waals surface area contributed by atoms with E-state index in [0.717, 1.165) is 24.7 Å². The minimum atomic E-state index is -1.08. The molecule has 2 nitrogen and oxygen atoms in total. The highest BCUT2D eigenvalue weighted by Crippen LogP contribution is 2.48. The molecular formula is C23H32ClFO2. The van der Waals surface area contributed by atoms with Crippen molar-refractivity contribution in [2.75, 3.05) is 6.61 Å². The van der Waals surface area contributed by atoms with E-state index in [2.05, 4.69) is 6.92 Å². The Kier molecular flexibility index (Phi) is 5.83. The lowest BCUT2D eigenvalue weighted by atomic mass is 9.66. The molecule has 3 aliphatic rings. The fourth-order valence-corrected chi connectivity index (χ4v) is 5.90. The number of epoxide rings is 1. The lowest BCUT2D eigenvalue weighted by Crippen LogP contribution is -2.35. The van der Waals surface area contributed by atoms with Crippen molar-refractivity contribution >= 4 is 11.6 Å². The number of aliphatic hydroxyl groups is 1. The van der Waals surface area contributed by atoms with Gasteiger partial charge in [0, 0.05) is 11.1 Å². The van der Waals surface area contributed by atoms with Crippen molar-refractivity contribution in [3.63, 3.8) is 0 Å². The molecule has 1 aliphatic heterocycles. The van der Waals surface area contributed by atoms with Gasteiger partial charge in [0.2, 0.25) is 0 Å². The van der Waals surface area contributed by atoms with Crippen LogP contribution in [-0.4, -0.2) is 11.7 Å². The molecular weight excluding hydrogens is 363 g/mol. The molecule has 0 bridgehead atoms. The standard InChI is InChI=1S/C23H32ClFO2/c1-2-3-15-4-6-16(7-5-15)17-10-12-23(26,13-11-17)19-9-8-18(20-14-27-20)21(24)22(19)25/h8-9,15-17,20,26H,2-7,10-14H2,1H3. The molecule has 1 saturated heterocycles. The Bertz CT molecular complexity index is 657. The molecule has 0 amide bonds. The van der Waals surface area contributed by atoms with Crippen LogP contribution in [0.2, 0.25) is 5.02 Å². The van der Waals surface area contributed by atoms with E-state index in [1.54, 1.807) is 6.07 Å². The Morgan fingerprint density at radius 3 is 2.33 bits per heavy atom. The van der Waals surface area contributed by atoms with Crippen LogP contribution in [0.5, 0.6) is 0 Å². The topological polar surface area (TPSA) is 32.8 Å². The second-order valence-electron chi connectivity index (χ2n) is 9.09. The molecule has 27 heavy (non-hydrogen) atoms. The van der Waals surface area contributed by atoms with E-state index >= 15 is 0 Å². The number of benzene rings is 1. The van der Waals surface area contributed by atoms with Crippen molar-refractivity contribution in [2.45, 2.75) is 82.8 Å². The normalized spacial score (nSPS) is 36.6. The molecule has 4 rings (SSSR count). The zero-order valence-corrected chi connectivity index (χ0v) is 17.1. The number of hydrogen-bond acceptors (Lipinski definition) is 2. The van der Waals surface area contributed by atoms with E-state index in [9.17, 15) is 9.50 Å². The largest absolute Gasteiger partial charge is 0.385 e. The highest BCUT2D eigenvalue weighted by molar-refractivity contribution is 6.31. The van der Waals surface area contributed by atoms with Gasteiger partial charge >= 0.3 is 0 Å². The first-order valence-corrected chi connectivity index (χ1v) is 11.2. The second-order valence-corrected chi connectivity index (χ2v) is 9.47. The van der Waals surface area contributed by atoms with Crippen LogP contribution in [0.4, 0.5) is 4.39 Å². The van der Waals surface area contributed by atoms with E-state index in [1.807, 2.05) is 6.07 Å². The Hall–Kier alpha value is -0.640. The van der Waals surface area contributed by atoms with Gasteiger partial charge in [0.15, 0.2) is 0 Å². The van der Waals surface area contributed by atoms with Gasteiger partial charge in [-0.1, -0.05) is 56.3 Å². The first kappa shape index (κ1) is 19.7. The summed E-state index contributed by atoms with van der Waals surface area (Å²) < 4.78 is 20.1. The summed E-state index contributed by atoms with van der Waals surface area (Å²) in [6.07, 6.45) is 11.3. The van der Waals surface area contributed by atoms with Gasteiger partial charge in [-0.05, 0) is 56.3 Å². The lowest BCUT2D eigenvalue weighted by molar-refractivity contribution is -0.0286. The zero-order valence-electron chi connectivity index (χ0n) is 16.4. The maximum absolute atomic E-state index is 14.9. The van der Waals surface area contributed by atoms with Crippen LogP contribution in [0.25, 0.3) is 0 Å². The van der Waals surface area contributed by atoms with Crippen LogP contribution in [0.3, 0.4) is 0 Å². The zero-order chi connectivity index (χ0) is 19.0. The molecule has 1 heterocycles. The van der Waals surface area contributed by atoms with Crippen LogP contribution in [-0.2, 0) is 10.3 Å². The lowest BCUT2D eigenvalue weighted by Gasteiger charge is -2.41. The summed E-state index contributed by atoms with van der Waals surface area (Å²) in [7, 11) is 0. The molecule has 1 aromatic rings. The van der Waals surface area contributed by atoms with Crippen molar-refractivity contribution in [2.24, 2.45) is 17.8 Å². The van der Waals surface area contributed by atoms with E-state index < -0.39 is 11.4 Å². The predicted octanol–water partition coefficient (Wildman–Crippen LogP) is 6.53. The highest BCUT2D eigenvalue weighted by atomic mass is 35.5. The minimum Gasteiger partial charge on any atom is -0.385 e. The molecule has 0 radical (unpaired) electrons. The summed E-state index contributed by atoms with van der Waals surface area (Å²) in [5, 5.41) is 11.3. The summed E-state index contributed by atoms with van der Waals surface area (Å²) >= 11 is 6.24. The molecule has 1 aromatic carbocycles. The fourth-order valence-electron chi connectivity index (χ4n) is 5.62. The molecule has 150 valence electrons. The smallest absolute Gasteiger partial charge is 0.148 e. The van der Waals surface area contributed by atoms with Crippen LogP contribution in [0.15, 0.2) is 12.1 Å². The van der Waals surface area contributed by atoms with Crippen molar-refractivity contribution < 1.29 is 14.2 Å². The van der Waals surface area contributed by atoms with Crippen molar-refractivity contribution in [3.8, 4) is 0 Å². The summed E-state index contributed by atoms with van der Waals surface area (Å²) in [4.78, 5) is 0. The number of hydrogen-bond donors (Lipinski definition) is 1. The van der Waals surface area contributed by atoms with Crippen LogP contribution >= 0.6 is 11.6 Å². The van der Waals surface area contributed by atoms with Crippen molar-refractivity contribution in [3.05, 3.63) is 34.1 Å². The molecule has 2 saturated carbocycles. The van der Waals surface area contributed by atoms with Gasteiger partial charge in [-0.2, -0.15) is 0 Å². The summed E-state index contributed by atoms with van der Waals surface area (Å²) in [5.74, 6) is 1.96. The fraction of sp³-hybridized carbons (Fsp3) is 0.739. The third-order valence-electron chi connectivity index (χ3n) is 7.41. The molecule has 0 spiro atoms. The van der Waals surface area contributed by atoms with Crippen molar-refractivity contribution in [1.82, 2.24) is 0 Å². The maximum atomic E-state index is 14.9. The Morgan fingerprint density at radius 2 is 1.74 bits per heavy atom. The highest BCUT2D eigenvalue weighted by Gasteiger charge is 2.41. The molecule has 2 aliphatic carbocycles. The molecule has 0 aromatic heterocycles. The van der Waals surface area contributed by atoms with E-state index in [0.29, 0.717) is 36.5 Å². The SMILES string of the molecule is CCCC1CCC(C2CCC(O)(c3ccc(C4CO4)c(Cl)c3F)CC2)CC1. The Morgan fingerprint density at radius 1 is 1.11 bits per heavy atom.